The Labute approximate surface area is 93.2 Å². The van der Waals surface area contributed by atoms with Crippen molar-refractivity contribution in [3.8, 4) is 0 Å². The number of likely N-dealkylation sites (N-methyl/N-ethyl adjacent to an activating group) is 1. The van der Waals surface area contributed by atoms with E-state index in [-0.39, 0.29) is 0 Å². The standard InChI is InChI=1S/C12H24N2O/c1-10(12(2)4-5-12)13-8-11-9-14(3)6-7-15-11/h10-11,13H,4-9H2,1-3H3. The first-order valence-corrected chi connectivity index (χ1v) is 6.14. The van der Waals surface area contributed by atoms with Gasteiger partial charge < -0.3 is 15.0 Å². The summed E-state index contributed by atoms with van der Waals surface area (Å²) in [7, 11) is 2.17. The molecule has 2 aliphatic rings. The van der Waals surface area contributed by atoms with Crippen LogP contribution in [0.15, 0.2) is 0 Å². The third kappa shape index (κ3) is 2.92. The number of morpholine rings is 1. The van der Waals surface area contributed by atoms with E-state index < -0.39 is 0 Å². The Morgan fingerprint density at radius 1 is 1.53 bits per heavy atom. The Morgan fingerprint density at radius 3 is 2.87 bits per heavy atom. The Bertz CT molecular complexity index is 216. The van der Waals surface area contributed by atoms with Gasteiger partial charge in [0, 0.05) is 25.7 Å². The SMILES string of the molecule is CC(NCC1CN(C)CCO1)C1(C)CC1. The zero-order chi connectivity index (χ0) is 10.9. The Morgan fingerprint density at radius 2 is 2.27 bits per heavy atom. The number of ether oxygens (including phenoxy) is 1. The molecule has 0 aromatic heterocycles. The van der Waals surface area contributed by atoms with Crippen LogP contribution >= 0.6 is 0 Å². The molecular formula is C12H24N2O. The lowest BCUT2D eigenvalue weighted by molar-refractivity contribution is -0.0199. The normalized spacial score (nSPS) is 32.6. The number of hydrogen-bond donors (Lipinski definition) is 1. The molecule has 88 valence electrons. The lowest BCUT2D eigenvalue weighted by Gasteiger charge is -2.31. The summed E-state index contributed by atoms with van der Waals surface area (Å²) in [5.74, 6) is 0. The molecule has 0 bridgehead atoms. The first-order chi connectivity index (χ1) is 7.10. The van der Waals surface area contributed by atoms with Crippen LogP contribution in [-0.2, 0) is 4.74 Å². The minimum atomic E-state index is 0.383. The fourth-order valence-corrected chi connectivity index (χ4v) is 2.18. The van der Waals surface area contributed by atoms with Gasteiger partial charge in [-0.2, -0.15) is 0 Å². The molecule has 0 spiro atoms. The Kier molecular flexibility index (Phi) is 3.33. The van der Waals surface area contributed by atoms with Crippen LogP contribution < -0.4 is 5.32 Å². The highest BCUT2D eigenvalue weighted by molar-refractivity contribution is 4.96. The zero-order valence-corrected chi connectivity index (χ0v) is 10.3. The van der Waals surface area contributed by atoms with Crippen molar-refractivity contribution in [2.24, 2.45) is 5.41 Å². The van der Waals surface area contributed by atoms with E-state index >= 15 is 0 Å². The van der Waals surface area contributed by atoms with Crippen molar-refractivity contribution in [3.05, 3.63) is 0 Å². The van der Waals surface area contributed by atoms with E-state index in [2.05, 4.69) is 31.1 Å². The average Bonchev–Trinajstić information content (AvgIpc) is 2.94. The summed E-state index contributed by atoms with van der Waals surface area (Å²) in [5.41, 5.74) is 0.570. The molecule has 1 aliphatic carbocycles. The largest absolute Gasteiger partial charge is 0.374 e. The van der Waals surface area contributed by atoms with Crippen LogP contribution in [-0.4, -0.2) is 50.3 Å². The monoisotopic (exact) mass is 212 g/mol. The molecule has 3 nitrogen and oxygen atoms in total. The molecule has 2 unspecified atom stereocenters. The van der Waals surface area contributed by atoms with Crippen molar-refractivity contribution < 1.29 is 4.74 Å². The Hall–Kier alpha value is -0.120. The zero-order valence-electron chi connectivity index (χ0n) is 10.3. The summed E-state index contributed by atoms with van der Waals surface area (Å²) < 4.78 is 5.73. The summed E-state index contributed by atoms with van der Waals surface area (Å²) in [5, 5.41) is 3.62. The van der Waals surface area contributed by atoms with Gasteiger partial charge in [0.2, 0.25) is 0 Å². The van der Waals surface area contributed by atoms with Gasteiger partial charge in [0.25, 0.3) is 0 Å². The molecule has 1 N–H and O–H groups in total. The van der Waals surface area contributed by atoms with Gasteiger partial charge in [0.05, 0.1) is 12.7 Å². The van der Waals surface area contributed by atoms with E-state index in [0.717, 1.165) is 26.2 Å². The molecule has 2 atom stereocenters. The first kappa shape index (κ1) is 11.4. The summed E-state index contributed by atoms with van der Waals surface area (Å²) in [6.45, 7) is 8.70. The van der Waals surface area contributed by atoms with Gasteiger partial charge in [-0.05, 0) is 32.2 Å². The maximum Gasteiger partial charge on any atom is 0.0826 e. The predicted octanol–water partition coefficient (Wildman–Crippen LogP) is 1.10. The molecule has 1 aliphatic heterocycles. The summed E-state index contributed by atoms with van der Waals surface area (Å²) in [6.07, 6.45) is 3.15. The van der Waals surface area contributed by atoms with E-state index in [9.17, 15) is 0 Å². The number of rotatable bonds is 4. The molecule has 3 heteroatoms. The van der Waals surface area contributed by atoms with E-state index in [1.54, 1.807) is 0 Å². The highest BCUT2D eigenvalue weighted by Gasteiger charge is 2.42. The minimum absolute atomic E-state index is 0.383. The van der Waals surface area contributed by atoms with E-state index in [1.807, 2.05) is 0 Å². The molecule has 2 fully saturated rings. The number of nitrogens with zero attached hydrogens (tertiary/aromatic N) is 1. The first-order valence-electron chi connectivity index (χ1n) is 6.14. The van der Waals surface area contributed by atoms with Gasteiger partial charge in [0.1, 0.15) is 0 Å². The molecule has 1 heterocycles. The van der Waals surface area contributed by atoms with Crippen molar-refractivity contribution in [1.29, 1.82) is 0 Å². The fourth-order valence-electron chi connectivity index (χ4n) is 2.18. The molecule has 0 radical (unpaired) electrons. The van der Waals surface area contributed by atoms with Crippen molar-refractivity contribution in [2.75, 3.05) is 33.3 Å². The fraction of sp³-hybridized carbons (Fsp3) is 1.00. The second kappa shape index (κ2) is 4.40. The summed E-state index contributed by atoms with van der Waals surface area (Å²) >= 11 is 0. The second-order valence-electron chi connectivity index (χ2n) is 5.54. The molecule has 0 aromatic rings. The maximum atomic E-state index is 5.73. The lowest BCUT2D eigenvalue weighted by Crippen LogP contribution is -2.47. The van der Waals surface area contributed by atoms with E-state index in [4.69, 9.17) is 4.74 Å². The van der Waals surface area contributed by atoms with Crippen LogP contribution in [0.3, 0.4) is 0 Å². The van der Waals surface area contributed by atoms with Crippen molar-refractivity contribution in [2.45, 2.75) is 38.8 Å². The van der Waals surface area contributed by atoms with E-state index in [0.29, 0.717) is 17.6 Å². The van der Waals surface area contributed by atoms with Gasteiger partial charge in [-0.3, -0.25) is 0 Å². The molecule has 1 saturated heterocycles. The number of nitrogens with one attached hydrogen (secondary N) is 1. The van der Waals surface area contributed by atoms with Gasteiger partial charge >= 0.3 is 0 Å². The molecule has 15 heavy (non-hydrogen) atoms. The van der Waals surface area contributed by atoms with Gasteiger partial charge in [-0.15, -0.1) is 0 Å². The van der Waals surface area contributed by atoms with Crippen LogP contribution in [0.5, 0.6) is 0 Å². The Balaban J connectivity index is 1.68. The third-order valence-electron chi connectivity index (χ3n) is 4.08. The summed E-state index contributed by atoms with van der Waals surface area (Å²) in [6, 6.07) is 0.633. The van der Waals surface area contributed by atoms with Gasteiger partial charge in [0.15, 0.2) is 0 Å². The van der Waals surface area contributed by atoms with Gasteiger partial charge in [-0.25, -0.2) is 0 Å². The smallest absolute Gasteiger partial charge is 0.0826 e. The second-order valence-corrected chi connectivity index (χ2v) is 5.54. The molecule has 0 amide bonds. The molecule has 2 rings (SSSR count). The average molecular weight is 212 g/mol. The summed E-state index contributed by atoms with van der Waals surface area (Å²) in [4.78, 5) is 2.35. The number of hydrogen-bond acceptors (Lipinski definition) is 3. The highest BCUT2D eigenvalue weighted by atomic mass is 16.5. The topological polar surface area (TPSA) is 24.5 Å². The van der Waals surface area contributed by atoms with Crippen LogP contribution in [0.1, 0.15) is 26.7 Å². The third-order valence-corrected chi connectivity index (χ3v) is 4.08. The quantitative estimate of drug-likeness (QED) is 0.755. The lowest BCUT2D eigenvalue weighted by atomic mass is 10.0. The molecular weight excluding hydrogens is 188 g/mol. The van der Waals surface area contributed by atoms with Crippen LogP contribution in [0.25, 0.3) is 0 Å². The van der Waals surface area contributed by atoms with Crippen molar-refractivity contribution in [1.82, 2.24) is 10.2 Å². The van der Waals surface area contributed by atoms with Crippen LogP contribution in [0, 0.1) is 5.41 Å². The van der Waals surface area contributed by atoms with Gasteiger partial charge in [-0.1, -0.05) is 6.92 Å². The molecule has 1 saturated carbocycles. The minimum Gasteiger partial charge on any atom is -0.374 e. The van der Waals surface area contributed by atoms with Crippen LogP contribution in [0.2, 0.25) is 0 Å². The highest BCUT2D eigenvalue weighted by Crippen LogP contribution is 2.47. The van der Waals surface area contributed by atoms with Crippen molar-refractivity contribution in [3.63, 3.8) is 0 Å². The maximum absolute atomic E-state index is 5.73. The predicted molar refractivity (Wildman–Crippen MR) is 62.0 cm³/mol. The van der Waals surface area contributed by atoms with Crippen molar-refractivity contribution >= 4 is 0 Å². The molecule has 0 aromatic carbocycles. The van der Waals surface area contributed by atoms with E-state index in [1.165, 1.54) is 12.8 Å². The van der Waals surface area contributed by atoms with Crippen LogP contribution in [0.4, 0.5) is 0 Å².